The molecule has 0 saturated heterocycles. The highest BCUT2D eigenvalue weighted by Gasteiger charge is 2.26. The van der Waals surface area contributed by atoms with Crippen LogP contribution in [0.25, 0.3) is 143 Å². The van der Waals surface area contributed by atoms with Gasteiger partial charge in [-0.1, -0.05) is 269 Å². The molecule has 422 valence electrons. The number of benzene rings is 12. The molecule has 0 saturated carbocycles. The Balaban J connectivity index is 0.000000237. The molecule has 2 heteroatoms. The van der Waals surface area contributed by atoms with Crippen molar-refractivity contribution in [2.24, 2.45) is 0 Å². The maximum Gasteiger partial charge on any atom is 0.0619 e. The van der Waals surface area contributed by atoms with Gasteiger partial charge in [-0.3, -0.25) is 0 Å². The number of allylic oxidation sites excluding steroid dienone is 9. The SMILES string of the molecule is C=C(C)/C=C\C(=C)C.C=C1C2=C(C=CCC2)c2ccccc21.CC.c1ccc(-n2c3ccc(-c4ccc5c(c4)c4ccccc4n5-c4ccc(-c5ccccc5-c5ccc6c7c(cccc57)-c5ccccc5-6)cc4)cc3c3ccc4ccccc4c32)cc1. The van der Waals surface area contributed by atoms with E-state index in [9.17, 15) is 0 Å². The smallest absolute Gasteiger partial charge is 0.0619 e. The summed E-state index contributed by atoms with van der Waals surface area (Å²) < 4.78 is 4.86. The summed E-state index contributed by atoms with van der Waals surface area (Å²) in [6.07, 6.45) is 10.7. The van der Waals surface area contributed by atoms with E-state index in [0.717, 1.165) is 29.7 Å². The van der Waals surface area contributed by atoms with Crippen molar-refractivity contribution in [1.29, 1.82) is 0 Å². The number of nitrogens with zero attached hydrogens (tertiary/aromatic N) is 2. The van der Waals surface area contributed by atoms with E-state index in [0.29, 0.717) is 0 Å². The predicted molar refractivity (Wildman–Crippen MR) is 382 cm³/mol. The van der Waals surface area contributed by atoms with Crippen LogP contribution in [0.5, 0.6) is 0 Å². The molecular weight excluding hydrogens is 1060 g/mol. The van der Waals surface area contributed by atoms with Crippen molar-refractivity contribution in [2.75, 3.05) is 0 Å². The topological polar surface area (TPSA) is 9.86 Å². The molecule has 3 aliphatic rings. The quantitative estimate of drug-likeness (QED) is 0.141. The van der Waals surface area contributed by atoms with Crippen LogP contribution in [0.2, 0.25) is 0 Å². The monoisotopic (exact) mass is 1130 g/mol. The first-order valence-corrected chi connectivity index (χ1v) is 30.9. The number of rotatable bonds is 7. The van der Waals surface area contributed by atoms with Gasteiger partial charge in [-0.05, 0) is 181 Å². The summed E-state index contributed by atoms with van der Waals surface area (Å²) >= 11 is 0. The first-order chi connectivity index (χ1) is 43.3. The van der Waals surface area contributed by atoms with Gasteiger partial charge in [0.05, 0.1) is 22.1 Å². The largest absolute Gasteiger partial charge is 0.309 e. The van der Waals surface area contributed by atoms with Gasteiger partial charge in [0.2, 0.25) is 0 Å². The summed E-state index contributed by atoms with van der Waals surface area (Å²) in [7, 11) is 0. The molecule has 0 aliphatic heterocycles. The van der Waals surface area contributed by atoms with E-state index in [1.165, 1.54) is 154 Å². The Bertz CT molecular complexity index is 5180. The Morgan fingerprint density at radius 2 is 0.875 bits per heavy atom. The van der Waals surface area contributed by atoms with E-state index in [4.69, 9.17) is 0 Å². The lowest BCUT2D eigenvalue weighted by Crippen LogP contribution is -1.94. The Morgan fingerprint density at radius 1 is 0.375 bits per heavy atom. The third kappa shape index (κ3) is 9.55. The van der Waals surface area contributed by atoms with Crippen LogP contribution >= 0.6 is 0 Å². The van der Waals surface area contributed by atoms with Crippen LogP contribution in [-0.2, 0) is 0 Å². The van der Waals surface area contributed by atoms with Crippen molar-refractivity contribution in [3.8, 4) is 67.0 Å². The standard InChI is InChI=1S/C62H38N2.C14H12.C8H12.C2H6/c1-2-14-43(15-3-1)64-60-36-29-42(38-57(60)55-32-27-39-13-4-5-17-46(39)62(55)64)41-28-35-59-56(37-41)51-21-10-11-24-58(51)63(59)44-30-25-40(26-31-44)45-16-6-7-18-47(45)50-33-34-54-49-20-9-8-19-48(49)52-22-12-23-53(50)61(52)54;1-10-11-6-2-4-8-13(11)14-9-5-3-7-12(10)14;1-7(2)5-6-8(3)4;1-2/h1-38H;2,4-6,8-9H,1,3,7H2;5-6H,1,3H2,2,4H3;1-2H3/b;;6-5-;. The van der Waals surface area contributed by atoms with Gasteiger partial charge in [0.15, 0.2) is 0 Å². The van der Waals surface area contributed by atoms with Crippen molar-refractivity contribution in [1.82, 2.24) is 9.13 Å². The molecule has 0 bridgehead atoms. The van der Waals surface area contributed by atoms with E-state index in [1.54, 1.807) is 0 Å². The Hall–Kier alpha value is -10.8. The van der Waals surface area contributed by atoms with E-state index in [-0.39, 0.29) is 0 Å². The van der Waals surface area contributed by atoms with Gasteiger partial charge in [-0.15, -0.1) is 0 Å². The number of hydrogen-bond donors (Lipinski definition) is 0. The normalized spacial score (nSPS) is 12.7. The lowest BCUT2D eigenvalue weighted by molar-refractivity contribution is 1.01. The summed E-state index contributed by atoms with van der Waals surface area (Å²) in [4.78, 5) is 0. The van der Waals surface area contributed by atoms with Crippen LogP contribution in [0.4, 0.5) is 0 Å². The number of fused-ring (bicyclic) bond motifs is 13. The number of hydrogen-bond acceptors (Lipinski definition) is 0. The molecular formula is C86H68N2. The van der Waals surface area contributed by atoms with Crippen molar-refractivity contribution in [2.45, 2.75) is 40.5 Å². The minimum Gasteiger partial charge on any atom is -0.309 e. The Labute approximate surface area is 516 Å². The zero-order valence-corrected chi connectivity index (χ0v) is 50.5. The zero-order chi connectivity index (χ0) is 60.0. The van der Waals surface area contributed by atoms with Gasteiger partial charge in [-0.2, -0.15) is 0 Å². The van der Waals surface area contributed by atoms with Gasteiger partial charge in [0, 0.05) is 38.3 Å². The second kappa shape index (κ2) is 23.2. The summed E-state index contributed by atoms with van der Waals surface area (Å²) in [5.74, 6) is 0. The van der Waals surface area contributed by atoms with E-state index < -0.39 is 0 Å². The van der Waals surface area contributed by atoms with Crippen LogP contribution < -0.4 is 0 Å². The minimum atomic E-state index is 1.06. The van der Waals surface area contributed by atoms with Crippen LogP contribution in [-0.4, -0.2) is 9.13 Å². The fourth-order valence-electron chi connectivity index (χ4n) is 13.7. The highest BCUT2D eigenvalue weighted by molar-refractivity contribution is 6.21. The Kier molecular flexibility index (Phi) is 14.5. The van der Waals surface area contributed by atoms with Crippen molar-refractivity contribution >= 4 is 76.3 Å². The van der Waals surface area contributed by atoms with E-state index in [2.05, 4.69) is 296 Å². The maximum absolute atomic E-state index is 4.19. The second-order valence-electron chi connectivity index (χ2n) is 23.1. The minimum absolute atomic E-state index is 1.06. The average Bonchev–Trinajstić information content (AvgIpc) is 1.70. The lowest BCUT2D eigenvalue weighted by atomic mass is 9.89. The van der Waals surface area contributed by atoms with Crippen LogP contribution in [0.1, 0.15) is 51.7 Å². The molecule has 2 heterocycles. The van der Waals surface area contributed by atoms with Crippen molar-refractivity contribution < 1.29 is 0 Å². The third-order valence-electron chi connectivity index (χ3n) is 17.6. The van der Waals surface area contributed by atoms with Gasteiger partial charge >= 0.3 is 0 Å². The fraction of sp³-hybridized carbons (Fsp3) is 0.0698. The zero-order valence-electron chi connectivity index (χ0n) is 50.5. The summed E-state index contributed by atoms with van der Waals surface area (Å²) in [5.41, 5.74) is 28.7. The molecule has 0 radical (unpaired) electrons. The fourth-order valence-corrected chi connectivity index (χ4v) is 13.7. The highest BCUT2D eigenvalue weighted by atomic mass is 15.0. The summed E-state index contributed by atoms with van der Waals surface area (Å²) in [6, 6.07) is 93.7. The molecule has 2 aromatic heterocycles. The third-order valence-corrected chi connectivity index (χ3v) is 17.6. The highest BCUT2D eigenvalue weighted by Crippen LogP contribution is 2.51. The maximum atomic E-state index is 4.19. The van der Waals surface area contributed by atoms with Gasteiger partial charge < -0.3 is 9.13 Å². The second-order valence-corrected chi connectivity index (χ2v) is 23.1. The van der Waals surface area contributed by atoms with E-state index in [1.807, 2.05) is 39.8 Å². The van der Waals surface area contributed by atoms with Gasteiger partial charge in [0.1, 0.15) is 0 Å². The number of aromatic nitrogens is 2. The molecule has 12 aromatic carbocycles. The molecule has 3 aliphatic carbocycles. The molecule has 0 spiro atoms. The molecule has 0 amide bonds. The predicted octanol–water partition coefficient (Wildman–Crippen LogP) is 24.4. The molecule has 0 unspecified atom stereocenters. The van der Waals surface area contributed by atoms with Gasteiger partial charge in [0.25, 0.3) is 0 Å². The van der Waals surface area contributed by atoms with Crippen molar-refractivity contribution in [3.63, 3.8) is 0 Å². The molecule has 17 rings (SSSR count). The van der Waals surface area contributed by atoms with Gasteiger partial charge in [-0.25, -0.2) is 0 Å². The first-order valence-electron chi connectivity index (χ1n) is 30.9. The number of para-hydroxylation sites is 2. The Morgan fingerprint density at radius 3 is 1.57 bits per heavy atom. The molecule has 0 fully saturated rings. The summed E-state index contributed by atoms with van der Waals surface area (Å²) in [6.45, 7) is 19.5. The van der Waals surface area contributed by atoms with Crippen LogP contribution in [0.3, 0.4) is 0 Å². The molecule has 14 aromatic rings. The first kappa shape index (κ1) is 55.1. The molecule has 0 N–H and O–H groups in total. The average molecular weight is 1130 g/mol. The lowest BCUT2D eigenvalue weighted by Gasteiger charge is -2.15. The van der Waals surface area contributed by atoms with Crippen LogP contribution in [0.15, 0.2) is 316 Å². The van der Waals surface area contributed by atoms with Crippen LogP contribution in [0, 0.1) is 0 Å². The van der Waals surface area contributed by atoms with Crippen molar-refractivity contribution in [3.05, 3.63) is 327 Å². The molecule has 88 heavy (non-hydrogen) atoms. The molecule has 2 nitrogen and oxygen atoms in total. The molecule has 0 atom stereocenters. The van der Waals surface area contributed by atoms with E-state index >= 15 is 0 Å². The summed E-state index contributed by atoms with van der Waals surface area (Å²) in [5, 5.41) is 10.2.